The molecule has 0 fully saturated rings. The van der Waals surface area contributed by atoms with E-state index in [1.807, 2.05) is 24.3 Å². The van der Waals surface area contributed by atoms with Gasteiger partial charge in [0.15, 0.2) is 0 Å². The van der Waals surface area contributed by atoms with Crippen LogP contribution in [0.3, 0.4) is 0 Å². The Kier molecular flexibility index (Phi) is 6.56. The number of carbonyl (C=O) groups is 1. The lowest BCUT2D eigenvalue weighted by Crippen LogP contribution is -2.28. The normalized spacial score (nSPS) is 10.4. The Balaban J connectivity index is 1.95. The second-order valence-corrected chi connectivity index (χ2v) is 5.30. The van der Waals surface area contributed by atoms with Crippen LogP contribution >= 0.6 is 0 Å². The van der Waals surface area contributed by atoms with Crippen molar-refractivity contribution in [3.63, 3.8) is 0 Å². The summed E-state index contributed by atoms with van der Waals surface area (Å²) >= 11 is 0. The third-order valence-electron chi connectivity index (χ3n) is 3.44. The molecule has 134 valence electrons. The Labute approximate surface area is 144 Å². The molecule has 2 aromatic rings. The highest BCUT2D eigenvalue weighted by Crippen LogP contribution is 2.23. The van der Waals surface area contributed by atoms with Gasteiger partial charge in [-0.25, -0.2) is 13.6 Å². The van der Waals surface area contributed by atoms with Gasteiger partial charge in [0.1, 0.15) is 18.1 Å². The molecular weight excluding hydrogens is 330 g/mol. The Morgan fingerprint density at radius 1 is 1.16 bits per heavy atom. The summed E-state index contributed by atoms with van der Waals surface area (Å²) in [5.41, 5.74) is 2.00. The first-order valence-corrected chi connectivity index (χ1v) is 7.68. The monoisotopic (exact) mass is 350 g/mol. The molecule has 0 aromatic heterocycles. The highest BCUT2D eigenvalue weighted by molar-refractivity contribution is 5.89. The molecule has 0 spiro atoms. The first kappa shape index (κ1) is 18.5. The maximum Gasteiger partial charge on any atom is 0.319 e. The van der Waals surface area contributed by atoms with Crippen molar-refractivity contribution in [1.82, 2.24) is 5.32 Å². The second-order valence-electron chi connectivity index (χ2n) is 5.30. The van der Waals surface area contributed by atoms with E-state index >= 15 is 0 Å². The molecular formula is C18H20F2N2O3. The van der Waals surface area contributed by atoms with E-state index in [9.17, 15) is 13.6 Å². The third-order valence-corrected chi connectivity index (χ3v) is 3.44. The minimum atomic E-state index is -2.56. The van der Waals surface area contributed by atoms with Gasteiger partial charge in [-0.05, 0) is 24.6 Å². The van der Waals surface area contributed by atoms with E-state index in [-0.39, 0.29) is 6.54 Å². The van der Waals surface area contributed by atoms with Gasteiger partial charge >= 0.3 is 6.03 Å². The number of nitrogens with one attached hydrogen (secondary N) is 2. The number of urea groups is 1. The number of methoxy groups -OCH3 is 1. The first-order valence-electron chi connectivity index (χ1n) is 7.68. The van der Waals surface area contributed by atoms with E-state index < -0.39 is 19.1 Å². The van der Waals surface area contributed by atoms with Crippen LogP contribution in [-0.2, 0) is 6.54 Å². The largest absolute Gasteiger partial charge is 0.496 e. The molecule has 0 aliphatic heterocycles. The molecule has 0 saturated heterocycles. The number of hydrogen-bond donors (Lipinski definition) is 2. The number of carbonyl (C=O) groups excluding carboxylic acids is 1. The van der Waals surface area contributed by atoms with Gasteiger partial charge in [-0.15, -0.1) is 0 Å². The lowest BCUT2D eigenvalue weighted by atomic mass is 10.2. The molecule has 0 aliphatic carbocycles. The van der Waals surface area contributed by atoms with Crippen molar-refractivity contribution in [2.45, 2.75) is 19.9 Å². The Morgan fingerprint density at radius 3 is 2.64 bits per heavy atom. The third kappa shape index (κ3) is 5.63. The molecule has 2 aromatic carbocycles. The smallest absolute Gasteiger partial charge is 0.319 e. The zero-order chi connectivity index (χ0) is 18.2. The van der Waals surface area contributed by atoms with Crippen LogP contribution in [0.1, 0.15) is 11.1 Å². The number of benzene rings is 2. The summed E-state index contributed by atoms with van der Waals surface area (Å²) in [7, 11) is 1.56. The lowest BCUT2D eigenvalue weighted by molar-refractivity contribution is 0.0816. The Bertz CT molecular complexity index is 723. The number of amides is 2. The highest BCUT2D eigenvalue weighted by atomic mass is 19.3. The fraction of sp³-hybridized carbons (Fsp3) is 0.278. The number of aryl methyl sites for hydroxylation is 1. The van der Waals surface area contributed by atoms with Crippen molar-refractivity contribution in [2.24, 2.45) is 0 Å². The van der Waals surface area contributed by atoms with Gasteiger partial charge in [0.2, 0.25) is 0 Å². The van der Waals surface area contributed by atoms with Crippen molar-refractivity contribution in [3.8, 4) is 11.5 Å². The standard InChI is InChI=1S/C18H20F2N2O3/c1-12-7-8-14(9-16(12)25-11-17(19)20)22-18(23)21-10-13-5-3-4-6-15(13)24-2/h3-9,17H,10-11H2,1-2H3,(H2,21,22,23). The molecule has 25 heavy (non-hydrogen) atoms. The predicted octanol–water partition coefficient (Wildman–Crippen LogP) is 3.97. The average molecular weight is 350 g/mol. The summed E-state index contributed by atoms with van der Waals surface area (Å²) in [6, 6.07) is 11.8. The molecule has 5 nitrogen and oxygen atoms in total. The summed E-state index contributed by atoms with van der Waals surface area (Å²) < 4.78 is 34.8. The molecule has 2 amide bonds. The maximum atomic E-state index is 12.3. The van der Waals surface area contributed by atoms with Gasteiger partial charge in [0, 0.05) is 23.9 Å². The zero-order valence-corrected chi connectivity index (χ0v) is 14.0. The molecule has 0 heterocycles. The number of rotatable bonds is 7. The van der Waals surface area contributed by atoms with E-state index in [1.165, 1.54) is 6.07 Å². The van der Waals surface area contributed by atoms with Gasteiger partial charge in [0.25, 0.3) is 6.43 Å². The van der Waals surface area contributed by atoms with Crippen LogP contribution in [0.2, 0.25) is 0 Å². The summed E-state index contributed by atoms with van der Waals surface area (Å²) in [6.07, 6.45) is -2.56. The minimum Gasteiger partial charge on any atom is -0.496 e. The van der Waals surface area contributed by atoms with Crippen molar-refractivity contribution >= 4 is 11.7 Å². The number of halogens is 2. The molecule has 0 radical (unpaired) electrons. The SMILES string of the molecule is COc1ccccc1CNC(=O)Nc1ccc(C)c(OCC(F)F)c1. The average Bonchev–Trinajstić information content (AvgIpc) is 2.60. The summed E-state index contributed by atoms with van der Waals surface area (Å²) in [5, 5.41) is 5.36. The van der Waals surface area contributed by atoms with E-state index in [0.29, 0.717) is 22.7 Å². The molecule has 0 saturated carbocycles. The molecule has 7 heteroatoms. The van der Waals surface area contributed by atoms with Gasteiger partial charge in [-0.2, -0.15) is 0 Å². The summed E-state index contributed by atoms with van der Waals surface area (Å²) in [4.78, 5) is 12.0. The molecule has 2 N–H and O–H groups in total. The Hall–Kier alpha value is -2.83. The number of anilines is 1. The fourth-order valence-electron chi connectivity index (χ4n) is 2.19. The van der Waals surface area contributed by atoms with Crippen LogP contribution in [0.5, 0.6) is 11.5 Å². The number of alkyl halides is 2. The minimum absolute atomic E-state index is 0.288. The fourth-order valence-corrected chi connectivity index (χ4v) is 2.19. The van der Waals surface area contributed by atoms with E-state index in [1.54, 1.807) is 26.2 Å². The number of hydrogen-bond acceptors (Lipinski definition) is 3. The van der Waals surface area contributed by atoms with Gasteiger partial charge in [-0.1, -0.05) is 24.3 Å². The van der Waals surface area contributed by atoms with Crippen LogP contribution < -0.4 is 20.1 Å². The molecule has 0 bridgehead atoms. The van der Waals surface area contributed by atoms with Gasteiger partial charge < -0.3 is 20.1 Å². The highest BCUT2D eigenvalue weighted by Gasteiger charge is 2.09. The van der Waals surface area contributed by atoms with E-state index in [2.05, 4.69) is 10.6 Å². The van der Waals surface area contributed by atoms with Crippen LogP contribution in [0.25, 0.3) is 0 Å². The van der Waals surface area contributed by atoms with Gasteiger partial charge in [0.05, 0.1) is 7.11 Å². The first-order chi connectivity index (χ1) is 12.0. The second kappa shape index (κ2) is 8.86. The lowest BCUT2D eigenvalue weighted by Gasteiger charge is -2.13. The van der Waals surface area contributed by atoms with Crippen LogP contribution in [-0.4, -0.2) is 26.2 Å². The molecule has 0 aliphatic rings. The van der Waals surface area contributed by atoms with Gasteiger partial charge in [-0.3, -0.25) is 0 Å². The quantitative estimate of drug-likeness (QED) is 0.794. The summed E-state index contributed by atoms with van der Waals surface area (Å²) in [5.74, 6) is 0.989. The molecule has 2 rings (SSSR count). The van der Waals surface area contributed by atoms with Crippen LogP contribution in [0, 0.1) is 6.92 Å². The van der Waals surface area contributed by atoms with E-state index in [4.69, 9.17) is 9.47 Å². The number of ether oxygens (including phenoxy) is 2. The van der Waals surface area contributed by atoms with Crippen molar-refractivity contribution in [3.05, 3.63) is 53.6 Å². The molecule has 0 unspecified atom stereocenters. The predicted molar refractivity (Wildman–Crippen MR) is 91.5 cm³/mol. The maximum absolute atomic E-state index is 12.3. The van der Waals surface area contributed by atoms with Crippen molar-refractivity contribution < 1.29 is 23.0 Å². The topological polar surface area (TPSA) is 59.6 Å². The zero-order valence-electron chi connectivity index (χ0n) is 14.0. The summed E-state index contributed by atoms with van der Waals surface area (Å²) in [6.45, 7) is 1.34. The van der Waals surface area contributed by atoms with Crippen molar-refractivity contribution in [1.29, 1.82) is 0 Å². The van der Waals surface area contributed by atoms with Crippen molar-refractivity contribution in [2.75, 3.05) is 19.0 Å². The van der Waals surface area contributed by atoms with E-state index in [0.717, 1.165) is 5.56 Å². The number of para-hydroxylation sites is 1. The van der Waals surface area contributed by atoms with Crippen LogP contribution in [0.15, 0.2) is 42.5 Å². The molecule has 0 atom stereocenters. The van der Waals surface area contributed by atoms with Crippen LogP contribution in [0.4, 0.5) is 19.3 Å². The Morgan fingerprint density at radius 2 is 1.92 bits per heavy atom.